The maximum absolute atomic E-state index is 11.7. The van der Waals surface area contributed by atoms with Gasteiger partial charge < -0.3 is 15.3 Å². The molecule has 1 unspecified atom stereocenters. The molecular weight excluding hydrogens is 236 g/mol. The van der Waals surface area contributed by atoms with Crippen LogP contribution in [-0.2, 0) is 14.4 Å². The van der Waals surface area contributed by atoms with Gasteiger partial charge >= 0.3 is 5.97 Å². The number of rotatable bonds is 8. The highest BCUT2D eigenvalue weighted by atomic mass is 16.4. The number of hydrogen-bond donors (Lipinski definition) is 2. The smallest absolute Gasteiger partial charge is 0.303 e. The van der Waals surface area contributed by atoms with Crippen LogP contribution in [0.2, 0.25) is 0 Å². The third-order valence-electron chi connectivity index (χ3n) is 2.70. The number of carboxylic acid groups (broad SMARTS) is 1. The average Bonchev–Trinajstić information content (AvgIpc) is 2.32. The Bertz CT molecular complexity index is 304. The van der Waals surface area contributed by atoms with Gasteiger partial charge in [0.1, 0.15) is 0 Å². The summed E-state index contributed by atoms with van der Waals surface area (Å²) in [5, 5.41) is 11.0. The van der Waals surface area contributed by atoms with Gasteiger partial charge in [0.25, 0.3) is 0 Å². The number of aliphatic carboxylic acids is 1. The standard InChI is InChI=1S/C12H22N2O4/c1-9(12(18)13-2)8-14(3)10(15)6-4-5-7-11(16)17/h9H,4-8H2,1-3H3,(H,13,18)(H,16,17). The Morgan fingerprint density at radius 3 is 2.28 bits per heavy atom. The summed E-state index contributed by atoms with van der Waals surface area (Å²) in [6.45, 7) is 2.13. The Kier molecular flexibility index (Phi) is 7.74. The number of unbranched alkanes of at least 4 members (excludes halogenated alkanes) is 1. The van der Waals surface area contributed by atoms with Gasteiger partial charge in [-0.15, -0.1) is 0 Å². The van der Waals surface area contributed by atoms with Crippen molar-refractivity contribution in [3.63, 3.8) is 0 Å². The normalized spacial score (nSPS) is 11.7. The first-order valence-corrected chi connectivity index (χ1v) is 6.05. The van der Waals surface area contributed by atoms with Crippen molar-refractivity contribution in [3.8, 4) is 0 Å². The topological polar surface area (TPSA) is 86.7 Å². The van der Waals surface area contributed by atoms with Crippen molar-refractivity contribution in [2.75, 3.05) is 20.6 Å². The van der Waals surface area contributed by atoms with Crippen molar-refractivity contribution in [2.24, 2.45) is 5.92 Å². The van der Waals surface area contributed by atoms with E-state index in [0.29, 0.717) is 25.8 Å². The molecule has 0 aromatic carbocycles. The summed E-state index contributed by atoms with van der Waals surface area (Å²) in [4.78, 5) is 34.8. The van der Waals surface area contributed by atoms with Crippen LogP contribution in [0, 0.1) is 5.92 Å². The van der Waals surface area contributed by atoms with E-state index in [0.717, 1.165) is 0 Å². The van der Waals surface area contributed by atoms with E-state index in [9.17, 15) is 14.4 Å². The molecule has 1 atom stereocenters. The van der Waals surface area contributed by atoms with Crippen LogP contribution in [-0.4, -0.2) is 48.4 Å². The number of hydrogen-bond acceptors (Lipinski definition) is 3. The van der Waals surface area contributed by atoms with E-state index in [-0.39, 0.29) is 24.2 Å². The predicted molar refractivity (Wildman–Crippen MR) is 67.0 cm³/mol. The summed E-state index contributed by atoms with van der Waals surface area (Å²) in [7, 11) is 3.21. The zero-order valence-corrected chi connectivity index (χ0v) is 11.2. The lowest BCUT2D eigenvalue weighted by atomic mass is 10.1. The summed E-state index contributed by atoms with van der Waals surface area (Å²) in [5.41, 5.74) is 0. The number of amides is 2. The van der Waals surface area contributed by atoms with Crippen LogP contribution in [0.5, 0.6) is 0 Å². The highest BCUT2D eigenvalue weighted by molar-refractivity contribution is 5.80. The molecule has 0 aliphatic heterocycles. The molecule has 0 aromatic heterocycles. The maximum atomic E-state index is 11.7. The molecule has 0 bridgehead atoms. The zero-order valence-electron chi connectivity index (χ0n) is 11.2. The van der Waals surface area contributed by atoms with Gasteiger partial charge in [-0.2, -0.15) is 0 Å². The Labute approximate surface area is 107 Å². The lowest BCUT2D eigenvalue weighted by Crippen LogP contribution is -2.37. The minimum Gasteiger partial charge on any atom is -0.481 e. The van der Waals surface area contributed by atoms with Gasteiger partial charge in [-0.1, -0.05) is 6.92 Å². The number of nitrogens with zero attached hydrogens (tertiary/aromatic N) is 1. The fraction of sp³-hybridized carbons (Fsp3) is 0.750. The van der Waals surface area contributed by atoms with Gasteiger partial charge in [-0.25, -0.2) is 0 Å². The van der Waals surface area contributed by atoms with Crippen LogP contribution < -0.4 is 5.32 Å². The molecule has 6 nitrogen and oxygen atoms in total. The molecule has 104 valence electrons. The van der Waals surface area contributed by atoms with Crippen LogP contribution >= 0.6 is 0 Å². The summed E-state index contributed by atoms with van der Waals surface area (Å²) in [6.07, 6.45) is 1.47. The molecule has 0 spiro atoms. The quantitative estimate of drug-likeness (QED) is 0.620. The highest BCUT2D eigenvalue weighted by Gasteiger charge is 2.16. The first-order chi connectivity index (χ1) is 8.38. The van der Waals surface area contributed by atoms with Gasteiger partial charge in [0.15, 0.2) is 0 Å². The lowest BCUT2D eigenvalue weighted by molar-refractivity contribution is -0.138. The fourth-order valence-electron chi connectivity index (χ4n) is 1.59. The van der Waals surface area contributed by atoms with Crippen LogP contribution in [0.4, 0.5) is 0 Å². The van der Waals surface area contributed by atoms with Crippen molar-refractivity contribution >= 4 is 17.8 Å². The van der Waals surface area contributed by atoms with Crippen LogP contribution in [0.3, 0.4) is 0 Å². The summed E-state index contributed by atoms with van der Waals surface area (Å²) >= 11 is 0. The van der Waals surface area contributed by atoms with Crippen LogP contribution in [0.25, 0.3) is 0 Å². The van der Waals surface area contributed by atoms with E-state index in [2.05, 4.69) is 5.32 Å². The molecule has 0 radical (unpaired) electrons. The van der Waals surface area contributed by atoms with Crippen molar-refractivity contribution in [3.05, 3.63) is 0 Å². The van der Waals surface area contributed by atoms with E-state index in [1.165, 1.54) is 4.90 Å². The molecule has 18 heavy (non-hydrogen) atoms. The molecule has 0 rings (SSSR count). The van der Waals surface area contributed by atoms with Crippen molar-refractivity contribution in [2.45, 2.75) is 32.6 Å². The van der Waals surface area contributed by atoms with E-state index < -0.39 is 5.97 Å². The van der Waals surface area contributed by atoms with Gasteiger partial charge in [0, 0.05) is 33.5 Å². The highest BCUT2D eigenvalue weighted by Crippen LogP contribution is 2.05. The van der Waals surface area contributed by atoms with Gasteiger partial charge in [0.2, 0.25) is 11.8 Å². The fourth-order valence-corrected chi connectivity index (χ4v) is 1.59. The van der Waals surface area contributed by atoms with Crippen LogP contribution in [0.1, 0.15) is 32.6 Å². The second kappa shape index (κ2) is 8.49. The molecule has 0 aliphatic carbocycles. The van der Waals surface area contributed by atoms with Crippen LogP contribution in [0.15, 0.2) is 0 Å². The SMILES string of the molecule is CNC(=O)C(C)CN(C)C(=O)CCCCC(=O)O. The number of carbonyl (C=O) groups excluding carboxylic acids is 2. The molecule has 0 aliphatic rings. The van der Waals surface area contributed by atoms with E-state index in [1.807, 2.05) is 0 Å². The number of carboxylic acids is 1. The molecule has 0 saturated heterocycles. The molecule has 0 saturated carbocycles. The number of nitrogens with one attached hydrogen (secondary N) is 1. The monoisotopic (exact) mass is 258 g/mol. The van der Waals surface area contributed by atoms with E-state index >= 15 is 0 Å². The average molecular weight is 258 g/mol. The molecule has 2 amide bonds. The minimum atomic E-state index is -0.843. The molecule has 0 fully saturated rings. The summed E-state index contributed by atoms with van der Waals surface area (Å²) < 4.78 is 0. The molecule has 2 N–H and O–H groups in total. The molecule has 0 heterocycles. The van der Waals surface area contributed by atoms with Gasteiger partial charge in [-0.05, 0) is 12.8 Å². The maximum Gasteiger partial charge on any atom is 0.303 e. The first-order valence-electron chi connectivity index (χ1n) is 6.05. The zero-order chi connectivity index (χ0) is 14.1. The number of carbonyl (C=O) groups is 3. The van der Waals surface area contributed by atoms with Gasteiger partial charge in [0.05, 0.1) is 5.92 Å². The third kappa shape index (κ3) is 6.88. The van der Waals surface area contributed by atoms with E-state index in [1.54, 1.807) is 21.0 Å². The second-order valence-electron chi connectivity index (χ2n) is 4.39. The molecule has 6 heteroatoms. The lowest BCUT2D eigenvalue weighted by Gasteiger charge is -2.20. The first kappa shape index (κ1) is 16.4. The Morgan fingerprint density at radius 1 is 1.22 bits per heavy atom. The minimum absolute atomic E-state index is 0.0591. The molecular formula is C12H22N2O4. The second-order valence-corrected chi connectivity index (χ2v) is 4.39. The Balaban J connectivity index is 3.89. The summed E-state index contributed by atoms with van der Waals surface area (Å²) in [5.74, 6) is -1.25. The third-order valence-corrected chi connectivity index (χ3v) is 2.70. The van der Waals surface area contributed by atoms with Crippen molar-refractivity contribution in [1.82, 2.24) is 10.2 Å². The largest absolute Gasteiger partial charge is 0.481 e. The predicted octanol–water partition coefficient (Wildman–Crippen LogP) is 0.472. The molecule has 0 aromatic rings. The van der Waals surface area contributed by atoms with Crippen molar-refractivity contribution in [1.29, 1.82) is 0 Å². The Morgan fingerprint density at radius 2 is 1.78 bits per heavy atom. The summed E-state index contributed by atoms with van der Waals surface area (Å²) in [6, 6.07) is 0. The van der Waals surface area contributed by atoms with Gasteiger partial charge in [-0.3, -0.25) is 14.4 Å². The van der Waals surface area contributed by atoms with Crippen molar-refractivity contribution < 1.29 is 19.5 Å². The van der Waals surface area contributed by atoms with E-state index in [4.69, 9.17) is 5.11 Å². The Hall–Kier alpha value is -1.59.